The maximum Gasteiger partial charge on any atom is 0.287 e. The molecule has 3 amide bonds. The van der Waals surface area contributed by atoms with Crippen molar-refractivity contribution in [3.8, 4) is 11.4 Å². The fourth-order valence-electron chi connectivity index (χ4n) is 4.74. The van der Waals surface area contributed by atoms with Gasteiger partial charge in [-0.2, -0.15) is 5.21 Å². The highest BCUT2D eigenvalue weighted by atomic mass is 16.4. The molecule has 3 aromatic carbocycles. The average Bonchev–Trinajstić information content (AvgIpc) is 3.60. The van der Waals surface area contributed by atoms with Crippen LogP contribution in [0.3, 0.4) is 0 Å². The summed E-state index contributed by atoms with van der Waals surface area (Å²) in [6.07, 6.45) is -1.68. The van der Waals surface area contributed by atoms with Crippen molar-refractivity contribution in [2.45, 2.75) is 38.0 Å². The molecule has 0 bridgehead atoms. The minimum Gasteiger partial charge on any atom is -0.445 e. The molecular weight excluding hydrogens is 590 g/mol. The number of aliphatic hydroxyl groups is 1. The first kappa shape index (κ1) is 31.5. The van der Waals surface area contributed by atoms with Gasteiger partial charge in [0.1, 0.15) is 0 Å². The molecule has 46 heavy (non-hydrogen) atoms. The molecule has 13 nitrogen and oxygen atoms in total. The van der Waals surface area contributed by atoms with E-state index >= 15 is 0 Å². The summed E-state index contributed by atoms with van der Waals surface area (Å²) in [6.45, 7) is 3.58. The number of tetrazole rings is 1. The third-order valence-electron chi connectivity index (χ3n) is 7.13. The van der Waals surface area contributed by atoms with E-state index in [1.165, 1.54) is 0 Å². The Morgan fingerprint density at radius 1 is 0.891 bits per heavy atom. The maximum absolute atomic E-state index is 13.4. The molecule has 0 aliphatic carbocycles. The highest BCUT2D eigenvalue weighted by Crippen LogP contribution is 2.21. The van der Waals surface area contributed by atoms with Crippen molar-refractivity contribution in [1.29, 1.82) is 0 Å². The van der Waals surface area contributed by atoms with Gasteiger partial charge in [0.15, 0.2) is 23.1 Å². The van der Waals surface area contributed by atoms with Crippen molar-refractivity contribution in [3.63, 3.8) is 0 Å². The van der Waals surface area contributed by atoms with Crippen LogP contribution in [0.4, 0.5) is 5.69 Å². The summed E-state index contributed by atoms with van der Waals surface area (Å²) in [5.41, 5.74) is 0.992. The van der Waals surface area contributed by atoms with E-state index in [9.17, 15) is 24.3 Å². The number of carbonyl (C=O) groups excluding carboxylic acids is 3. The van der Waals surface area contributed by atoms with Crippen LogP contribution in [0.1, 0.15) is 46.1 Å². The third-order valence-corrected chi connectivity index (χ3v) is 7.13. The van der Waals surface area contributed by atoms with E-state index in [2.05, 4.69) is 36.6 Å². The number of nitrogens with one attached hydrogen (secondary N) is 4. The number of amides is 3. The Balaban J connectivity index is 1.35. The lowest BCUT2D eigenvalue weighted by molar-refractivity contribution is -0.125. The second kappa shape index (κ2) is 13.8. The zero-order chi connectivity index (χ0) is 32.7. The van der Waals surface area contributed by atoms with Crippen LogP contribution in [0.25, 0.3) is 11.4 Å². The Kier molecular flexibility index (Phi) is 9.43. The van der Waals surface area contributed by atoms with Gasteiger partial charge in [0.05, 0.1) is 11.6 Å². The van der Waals surface area contributed by atoms with Crippen molar-refractivity contribution >= 4 is 23.4 Å². The molecule has 0 spiro atoms. The average molecular weight is 622 g/mol. The van der Waals surface area contributed by atoms with E-state index in [0.29, 0.717) is 17.1 Å². The SMILES string of the molecule is CC(C)(NC(=O)c1cc(=O)cc(C(=O)NC(Cc2ccccc2)[C@H](O)C(=O)Nc2cccc(-c3nn[nH]n3)c2)o1)c1ccccc1. The van der Waals surface area contributed by atoms with Gasteiger partial charge in [0, 0.05) is 23.4 Å². The zero-order valence-electron chi connectivity index (χ0n) is 24.9. The topological polar surface area (TPSA) is 192 Å². The summed E-state index contributed by atoms with van der Waals surface area (Å²) in [6, 6.07) is 25.5. The van der Waals surface area contributed by atoms with Gasteiger partial charge in [-0.1, -0.05) is 72.8 Å². The fraction of sp³-hybridized carbons (Fsp3) is 0.182. The lowest BCUT2D eigenvalue weighted by Gasteiger charge is -2.26. The summed E-state index contributed by atoms with van der Waals surface area (Å²) in [5.74, 6) is -2.93. The van der Waals surface area contributed by atoms with Gasteiger partial charge in [-0.05, 0) is 48.7 Å². The molecule has 2 aromatic heterocycles. The van der Waals surface area contributed by atoms with Crippen molar-refractivity contribution in [3.05, 3.63) is 130 Å². The van der Waals surface area contributed by atoms with Crippen LogP contribution in [0.2, 0.25) is 0 Å². The second-order valence-electron chi connectivity index (χ2n) is 11.0. The summed E-state index contributed by atoms with van der Waals surface area (Å²) >= 11 is 0. The number of H-pyrrole nitrogens is 1. The molecule has 1 unspecified atom stereocenters. The molecule has 13 heteroatoms. The van der Waals surface area contributed by atoms with Gasteiger partial charge in [-0.15, -0.1) is 10.2 Å². The van der Waals surface area contributed by atoms with E-state index in [1.54, 1.807) is 68.4 Å². The van der Waals surface area contributed by atoms with Crippen LogP contribution in [-0.4, -0.2) is 55.6 Å². The van der Waals surface area contributed by atoms with Crippen molar-refractivity contribution in [1.82, 2.24) is 31.3 Å². The zero-order valence-corrected chi connectivity index (χ0v) is 24.9. The van der Waals surface area contributed by atoms with Crippen molar-refractivity contribution in [2.24, 2.45) is 0 Å². The summed E-state index contributed by atoms with van der Waals surface area (Å²) < 4.78 is 5.57. The third kappa shape index (κ3) is 7.76. The van der Waals surface area contributed by atoms with E-state index in [1.807, 2.05) is 30.3 Å². The highest BCUT2D eigenvalue weighted by molar-refractivity contribution is 5.97. The second-order valence-corrected chi connectivity index (χ2v) is 11.0. The number of aromatic amines is 1. The Bertz CT molecular complexity index is 1880. The number of carbonyl (C=O) groups is 3. The minimum absolute atomic E-state index is 0.0553. The van der Waals surface area contributed by atoms with Crippen LogP contribution in [-0.2, 0) is 16.8 Å². The van der Waals surface area contributed by atoms with Gasteiger partial charge < -0.3 is 25.5 Å². The standard InChI is InChI=1S/C33H31N7O6/c1-33(2,22-13-7-4-8-14-22)36-31(44)27-19-24(41)18-26(46-27)30(43)35-25(16-20-10-5-3-6-11-20)28(42)32(45)34-23-15-9-12-21(17-23)29-37-39-40-38-29/h3-15,17-19,25,28,42H,16H2,1-2H3,(H,34,45)(H,35,43)(H,36,44)(H,37,38,39,40)/t25?,28-/m0/s1. The number of benzene rings is 3. The first-order chi connectivity index (χ1) is 22.1. The lowest BCUT2D eigenvalue weighted by atomic mass is 9.94. The largest absolute Gasteiger partial charge is 0.445 e. The summed E-state index contributed by atoms with van der Waals surface area (Å²) in [7, 11) is 0. The van der Waals surface area contributed by atoms with E-state index in [4.69, 9.17) is 4.42 Å². The first-order valence-corrected chi connectivity index (χ1v) is 14.3. The molecule has 5 rings (SSSR count). The maximum atomic E-state index is 13.4. The first-order valence-electron chi connectivity index (χ1n) is 14.3. The smallest absolute Gasteiger partial charge is 0.287 e. The predicted molar refractivity (Wildman–Crippen MR) is 168 cm³/mol. The molecule has 2 atom stereocenters. The predicted octanol–water partition coefficient (Wildman–Crippen LogP) is 2.83. The van der Waals surface area contributed by atoms with E-state index < -0.39 is 46.6 Å². The molecule has 5 N–H and O–H groups in total. The van der Waals surface area contributed by atoms with Crippen molar-refractivity contribution < 1.29 is 23.9 Å². The lowest BCUT2D eigenvalue weighted by Crippen LogP contribution is -2.50. The Morgan fingerprint density at radius 2 is 1.57 bits per heavy atom. The van der Waals surface area contributed by atoms with Gasteiger partial charge in [0.25, 0.3) is 17.7 Å². The normalized spacial score (nSPS) is 12.5. The highest BCUT2D eigenvalue weighted by Gasteiger charge is 2.30. The number of hydrogen-bond acceptors (Lipinski definition) is 9. The number of hydrogen-bond donors (Lipinski definition) is 5. The number of anilines is 1. The molecule has 5 aromatic rings. The number of rotatable bonds is 11. The molecule has 234 valence electrons. The molecule has 0 fully saturated rings. The fourth-order valence-corrected chi connectivity index (χ4v) is 4.74. The van der Waals surface area contributed by atoms with Gasteiger partial charge >= 0.3 is 0 Å². The Morgan fingerprint density at radius 3 is 2.24 bits per heavy atom. The number of nitrogens with zero attached hydrogens (tertiary/aromatic N) is 3. The van der Waals surface area contributed by atoms with Crippen LogP contribution in [0.5, 0.6) is 0 Å². The number of aromatic nitrogens is 4. The van der Waals surface area contributed by atoms with Gasteiger partial charge in [-0.25, -0.2) is 0 Å². The summed E-state index contributed by atoms with van der Waals surface area (Å²) in [5, 5.41) is 32.9. The Hall–Kier alpha value is -5.95. The Labute approximate surface area is 263 Å². The molecule has 0 aliphatic heterocycles. The molecule has 0 saturated heterocycles. The van der Waals surface area contributed by atoms with Crippen LogP contribution in [0, 0.1) is 0 Å². The van der Waals surface area contributed by atoms with Crippen LogP contribution in [0.15, 0.2) is 106 Å². The van der Waals surface area contributed by atoms with E-state index in [-0.39, 0.29) is 12.2 Å². The molecule has 0 radical (unpaired) electrons. The molecule has 0 saturated carbocycles. The van der Waals surface area contributed by atoms with Crippen LogP contribution < -0.4 is 21.4 Å². The number of aliphatic hydroxyl groups excluding tert-OH is 1. The van der Waals surface area contributed by atoms with Crippen LogP contribution >= 0.6 is 0 Å². The van der Waals surface area contributed by atoms with Crippen molar-refractivity contribution in [2.75, 3.05) is 5.32 Å². The molecule has 0 aliphatic rings. The monoisotopic (exact) mass is 621 g/mol. The molecule has 2 heterocycles. The quantitative estimate of drug-likeness (QED) is 0.148. The molecular formula is C33H31N7O6. The minimum atomic E-state index is -1.73. The van der Waals surface area contributed by atoms with Gasteiger partial charge in [0.2, 0.25) is 5.82 Å². The van der Waals surface area contributed by atoms with E-state index in [0.717, 1.165) is 23.3 Å². The van der Waals surface area contributed by atoms with Gasteiger partial charge in [-0.3, -0.25) is 19.2 Å². The summed E-state index contributed by atoms with van der Waals surface area (Å²) in [4.78, 5) is 52.3.